The fourth-order valence-corrected chi connectivity index (χ4v) is 5.13. The first-order valence-corrected chi connectivity index (χ1v) is 12.2. The fraction of sp³-hybridized carbons (Fsp3) is 0.333. The summed E-state index contributed by atoms with van der Waals surface area (Å²) in [6, 6.07) is 14.2. The molecule has 32 heavy (non-hydrogen) atoms. The molecule has 1 atom stereocenters. The fourth-order valence-electron chi connectivity index (χ4n) is 3.64. The summed E-state index contributed by atoms with van der Waals surface area (Å²) in [5, 5.41) is 3.04. The molecule has 7 nitrogen and oxygen atoms in total. The summed E-state index contributed by atoms with van der Waals surface area (Å²) in [4.78, 5) is 28.8. The largest absolute Gasteiger partial charge is 0.360 e. The topological polar surface area (TPSA) is 99.3 Å². The maximum atomic E-state index is 13.0. The third kappa shape index (κ3) is 5.08. The summed E-state index contributed by atoms with van der Waals surface area (Å²) in [5.74, 6) is -0.481. The molecule has 2 aromatic carbocycles. The van der Waals surface area contributed by atoms with Crippen LogP contribution in [0.4, 0.5) is 0 Å². The maximum Gasteiger partial charge on any atom is 0.256 e. The molecule has 1 heterocycles. The van der Waals surface area contributed by atoms with E-state index in [-0.39, 0.29) is 21.9 Å². The number of fused-ring (bicyclic) bond motifs is 1. The van der Waals surface area contributed by atoms with E-state index in [9.17, 15) is 18.0 Å². The molecule has 0 saturated heterocycles. The van der Waals surface area contributed by atoms with Gasteiger partial charge in [-0.2, -0.15) is 4.31 Å². The summed E-state index contributed by atoms with van der Waals surface area (Å²) in [6.07, 6.45) is 2.92. The zero-order chi connectivity index (χ0) is 23.3. The van der Waals surface area contributed by atoms with Gasteiger partial charge in [0.15, 0.2) is 0 Å². The molecule has 0 aliphatic rings. The van der Waals surface area contributed by atoms with E-state index < -0.39 is 21.4 Å². The summed E-state index contributed by atoms with van der Waals surface area (Å²) in [6.45, 7) is 6.07. The number of benzene rings is 2. The number of aryl methyl sites for hydroxylation is 1. The van der Waals surface area contributed by atoms with Gasteiger partial charge in [0, 0.05) is 36.2 Å². The highest BCUT2D eigenvalue weighted by molar-refractivity contribution is 7.89. The van der Waals surface area contributed by atoms with Crippen molar-refractivity contribution >= 4 is 26.8 Å². The Balaban J connectivity index is 1.83. The van der Waals surface area contributed by atoms with Crippen LogP contribution in [0.1, 0.15) is 43.1 Å². The standard InChI is InChI=1S/C24H29N3O4S/c1-4-27(5-2)32(30,31)19-13-14-22-20(15-19)23(28)21(16-25-22)24(29)26-17(3)11-12-18-9-7-6-8-10-18/h6-10,13-17H,4-5,11-12H2,1-3H3,(H,25,28)(H,26,29). The van der Waals surface area contributed by atoms with Crippen molar-refractivity contribution in [2.45, 2.75) is 44.6 Å². The molecule has 0 saturated carbocycles. The first kappa shape index (κ1) is 23.7. The third-order valence-electron chi connectivity index (χ3n) is 5.53. The molecule has 2 N–H and O–H groups in total. The van der Waals surface area contributed by atoms with E-state index in [1.54, 1.807) is 19.9 Å². The van der Waals surface area contributed by atoms with Crippen LogP contribution in [-0.4, -0.2) is 42.7 Å². The molecule has 1 aromatic heterocycles. The average Bonchev–Trinajstić information content (AvgIpc) is 2.79. The van der Waals surface area contributed by atoms with E-state index in [2.05, 4.69) is 10.3 Å². The van der Waals surface area contributed by atoms with Crippen LogP contribution >= 0.6 is 0 Å². The number of aromatic amines is 1. The molecule has 170 valence electrons. The lowest BCUT2D eigenvalue weighted by Crippen LogP contribution is -2.36. The van der Waals surface area contributed by atoms with Gasteiger partial charge in [0.1, 0.15) is 5.56 Å². The molecule has 3 aromatic rings. The van der Waals surface area contributed by atoms with Crippen LogP contribution in [0.3, 0.4) is 0 Å². The van der Waals surface area contributed by atoms with E-state index >= 15 is 0 Å². The Hall–Kier alpha value is -2.97. The number of carbonyl (C=O) groups excluding carboxylic acids is 1. The quantitative estimate of drug-likeness (QED) is 0.517. The molecule has 1 unspecified atom stereocenters. The van der Waals surface area contributed by atoms with Gasteiger partial charge < -0.3 is 10.3 Å². The Bertz CT molecular complexity index is 1250. The second-order valence-corrected chi connectivity index (χ2v) is 9.66. The van der Waals surface area contributed by atoms with Gasteiger partial charge >= 0.3 is 0 Å². The van der Waals surface area contributed by atoms with Crippen LogP contribution in [0, 0.1) is 0 Å². The molecule has 0 spiro atoms. The van der Waals surface area contributed by atoms with Gasteiger partial charge in [0.2, 0.25) is 15.5 Å². The molecule has 0 aliphatic heterocycles. The van der Waals surface area contributed by atoms with Crippen molar-refractivity contribution in [1.29, 1.82) is 0 Å². The first-order valence-electron chi connectivity index (χ1n) is 10.8. The minimum Gasteiger partial charge on any atom is -0.360 e. The van der Waals surface area contributed by atoms with Crippen molar-refractivity contribution in [3.8, 4) is 0 Å². The van der Waals surface area contributed by atoms with Crippen LogP contribution in [0.2, 0.25) is 0 Å². The van der Waals surface area contributed by atoms with E-state index in [4.69, 9.17) is 0 Å². The van der Waals surface area contributed by atoms with Crippen LogP contribution in [0.25, 0.3) is 10.9 Å². The van der Waals surface area contributed by atoms with Gasteiger partial charge in [0.05, 0.1) is 4.90 Å². The van der Waals surface area contributed by atoms with Gasteiger partial charge in [-0.1, -0.05) is 44.2 Å². The normalized spacial score (nSPS) is 12.8. The molecule has 0 fully saturated rings. The highest BCUT2D eigenvalue weighted by Gasteiger charge is 2.23. The summed E-state index contributed by atoms with van der Waals surface area (Å²) in [5.41, 5.74) is 1.12. The Kier molecular flexibility index (Phi) is 7.48. The number of pyridine rings is 1. The number of H-pyrrole nitrogens is 1. The molecular formula is C24H29N3O4S. The van der Waals surface area contributed by atoms with Gasteiger partial charge in [-0.3, -0.25) is 9.59 Å². The lowest BCUT2D eigenvalue weighted by Gasteiger charge is -2.18. The summed E-state index contributed by atoms with van der Waals surface area (Å²) >= 11 is 0. The van der Waals surface area contributed by atoms with E-state index in [0.29, 0.717) is 18.6 Å². The lowest BCUT2D eigenvalue weighted by molar-refractivity contribution is 0.0937. The minimum absolute atomic E-state index is 0.0352. The smallest absolute Gasteiger partial charge is 0.256 e. The number of hydrogen-bond acceptors (Lipinski definition) is 4. The number of rotatable bonds is 9. The second-order valence-electron chi connectivity index (χ2n) is 7.73. The number of amides is 1. The first-order chi connectivity index (χ1) is 15.3. The Morgan fingerprint density at radius 3 is 2.44 bits per heavy atom. The zero-order valence-corrected chi connectivity index (χ0v) is 19.4. The zero-order valence-electron chi connectivity index (χ0n) is 18.6. The van der Waals surface area contributed by atoms with Crippen molar-refractivity contribution in [1.82, 2.24) is 14.6 Å². The highest BCUT2D eigenvalue weighted by atomic mass is 32.2. The third-order valence-corrected chi connectivity index (χ3v) is 7.57. The predicted molar refractivity (Wildman–Crippen MR) is 126 cm³/mol. The number of carbonyl (C=O) groups is 1. The van der Waals surface area contributed by atoms with Crippen LogP contribution in [0.5, 0.6) is 0 Å². The van der Waals surface area contributed by atoms with Crippen LogP contribution in [-0.2, 0) is 16.4 Å². The van der Waals surface area contributed by atoms with E-state index in [1.165, 1.54) is 28.2 Å². The molecular weight excluding hydrogens is 426 g/mol. The number of hydrogen-bond donors (Lipinski definition) is 2. The molecule has 0 radical (unpaired) electrons. The average molecular weight is 456 g/mol. The Labute approximate surface area is 188 Å². The Morgan fingerprint density at radius 2 is 1.78 bits per heavy atom. The molecule has 1 amide bonds. The van der Waals surface area contributed by atoms with Gasteiger partial charge in [-0.05, 0) is 43.5 Å². The molecule has 0 bridgehead atoms. The van der Waals surface area contributed by atoms with Crippen molar-refractivity contribution in [3.63, 3.8) is 0 Å². The number of nitrogens with one attached hydrogen (secondary N) is 2. The van der Waals surface area contributed by atoms with Gasteiger partial charge in [-0.25, -0.2) is 8.42 Å². The second kappa shape index (κ2) is 10.1. The Morgan fingerprint density at radius 1 is 1.09 bits per heavy atom. The number of sulfonamides is 1. The lowest BCUT2D eigenvalue weighted by atomic mass is 10.1. The van der Waals surface area contributed by atoms with Crippen molar-refractivity contribution in [3.05, 3.63) is 76.1 Å². The van der Waals surface area contributed by atoms with Gasteiger partial charge in [-0.15, -0.1) is 0 Å². The highest BCUT2D eigenvalue weighted by Crippen LogP contribution is 2.19. The molecule has 8 heteroatoms. The van der Waals surface area contributed by atoms with E-state index in [1.807, 2.05) is 37.3 Å². The van der Waals surface area contributed by atoms with Gasteiger partial charge in [0.25, 0.3) is 5.91 Å². The van der Waals surface area contributed by atoms with Crippen molar-refractivity contribution < 1.29 is 13.2 Å². The number of aromatic nitrogens is 1. The SMILES string of the molecule is CCN(CC)S(=O)(=O)c1ccc2[nH]cc(C(=O)NC(C)CCc3ccccc3)c(=O)c2c1. The molecule has 3 rings (SSSR count). The predicted octanol–water partition coefficient (Wildman–Crippen LogP) is 3.31. The minimum atomic E-state index is -3.72. The maximum absolute atomic E-state index is 13.0. The summed E-state index contributed by atoms with van der Waals surface area (Å²) < 4.78 is 27.0. The van der Waals surface area contributed by atoms with Crippen LogP contribution < -0.4 is 10.7 Å². The monoisotopic (exact) mass is 455 g/mol. The van der Waals surface area contributed by atoms with Crippen molar-refractivity contribution in [2.24, 2.45) is 0 Å². The molecule has 0 aliphatic carbocycles. The number of nitrogens with zero attached hydrogens (tertiary/aromatic N) is 1. The van der Waals surface area contributed by atoms with E-state index in [0.717, 1.165) is 12.8 Å². The van der Waals surface area contributed by atoms with Crippen molar-refractivity contribution in [2.75, 3.05) is 13.1 Å². The van der Waals surface area contributed by atoms with Crippen LogP contribution in [0.15, 0.2) is 64.4 Å². The summed E-state index contributed by atoms with van der Waals surface area (Å²) in [7, 11) is -3.72.